The molecule has 0 aliphatic carbocycles. The summed E-state index contributed by atoms with van der Waals surface area (Å²) in [5.41, 5.74) is 2.26. The van der Waals surface area contributed by atoms with E-state index in [9.17, 15) is 5.11 Å². The summed E-state index contributed by atoms with van der Waals surface area (Å²) in [4.78, 5) is 3.94. The first-order valence-corrected chi connectivity index (χ1v) is 4.90. The Morgan fingerprint density at radius 2 is 2.14 bits per heavy atom. The third kappa shape index (κ3) is 4.19. The molecule has 76 valence electrons. The summed E-state index contributed by atoms with van der Waals surface area (Å²) in [6, 6.07) is 3.96. The Hall–Kier alpha value is -1.15. The molecule has 1 unspecified atom stereocenters. The molecule has 1 heterocycles. The number of aromatic nitrogens is 1. The van der Waals surface area contributed by atoms with Gasteiger partial charge in [0.1, 0.15) is 0 Å². The molecule has 2 nitrogen and oxygen atoms in total. The Labute approximate surface area is 85.3 Å². The molecule has 0 aliphatic heterocycles. The van der Waals surface area contributed by atoms with Crippen molar-refractivity contribution in [2.24, 2.45) is 0 Å². The van der Waals surface area contributed by atoms with Crippen LogP contribution in [0.25, 0.3) is 0 Å². The van der Waals surface area contributed by atoms with Crippen LogP contribution in [0.2, 0.25) is 0 Å². The molecule has 0 aromatic carbocycles. The molecule has 0 radical (unpaired) electrons. The lowest BCUT2D eigenvalue weighted by molar-refractivity contribution is 0.165. The van der Waals surface area contributed by atoms with Crippen LogP contribution in [0, 0.1) is 0 Å². The van der Waals surface area contributed by atoms with Crippen molar-refractivity contribution in [2.75, 3.05) is 0 Å². The summed E-state index contributed by atoms with van der Waals surface area (Å²) in [5, 5.41) is 9.60. The van der Waals surface area contributed by atoms with Crippen molar-refractivity contribution in [3.63, 3.8) is 0 Å². The van der Waals surface area contributed by atoms with Crippen molar-refractivity contribution in [3.8, 4) is 0 Å². The first kappa shape index (κ1) is 10.9. The molecule has 0 bridgehead atoms. The van der Waals surface area contributed by atoms with Gasteiger partial charge in [0, 0.05) is 12.4 Å². The largest absolute Gasteiger partial charge is 0.393 e. The highest BCUT2D eigenvalue weighted by atomic mass is 16.3. The van der Waals surface area contributed by atoms with Crippen molar-refractivity contribution < 1.29 is 5.11 Å². The third-order valence-corrected chi connectivity index (χ3v) is 2.10. The van der Waals surface area contributed by atoms with E-state index in [0.29, 0.717) is 6.42 Å². The molecule has 1 rings (SSSR count). The van der Waals surface area contributed by atoms with Gasteiger partial charge in [-0.15, -0.1) is 6.58 Å². The van der Waals surface area contributed by atoms with Crippen LogP contribution in [0.15, 0.2) is 36.7 Å². The van der Waals surface area contributed by atoms with E-state index >= 15 is 0 Å². The number of aliphatic hydroxyl groups excluding tert-OH is 1. The van der Waals surface area contributed by atoms with Crippen LogP contribution in [0.5, 0.6) is 0 Å². The summed E-state index contributed by atoms with van der Waals surface area (Å²) in [7, 11) is 0. The number of pyridine rings is 1. The normalized spacial score (nSPS) is 12.4. The van der Waals surface area contributed by atoms with Gasteiger partial charge in [0.2, 0.25) is 0 Å². The topological polar surface area (TPSA) is 33.1 Å². The molecule has 0 aliphatic rings. The van der Waals surface area contributed by atoms with Crippen LogP contribution >= 0.6 is 0 Å². The number of nitrogens with zero attached hydrogens (tertiary/aromatic N) is 1. The second-order valence-corrected chi connectivity index (χ2v) is 3.71. The number of hydrogen-bond acceptors (Lipinski definition) is 2. The SMILES string of the molecule is C=C(C)CC(O)CCc1ccncc1. The molecule has 0 spiro atoms. The molecule has 14 heavy (non-hydrogen) atoms. The average Bonchev–Trinajstić information content (AvgIpc) is 2.15. The van der Waals surface area contributed by atoms with E-state index in [1.54, 1.807) is 12.4 Å². The Balaban J connectivity index is 2.30. The standard InChI is InChI=1S/C12H17NO/c1-10(2)9-12(14)4-3-11-5-7-13-8-6-11/h5-8,12,14H,1,3-4,9H2,2H3. The van der Waals surface area contributed by atoms with Gasteiger partial charge in [-0.3, -0.25) is 4.98 Å². The fourth-order valence-corrected chi connectivity index (χ4v) is 1.39. The van der Waals surface area contributed by atoms with Crippen molar-refractivity contribution in [2.45, 2.75) is 32.3 Å². The summed E-state index contributed by atoms with van der Waals surface area (Å²) in [6.07, 6.45) is 5.68. The number of hydrogen-bond donors (Lipinski definition) is 1. The molecular formula is C12H17NO. The molecule has 0 fully saturated rings. The Bertz CT molecular complexity index is 282. The second-order valence-electron chi connectivity index (χ2n) is 3.71. The van der Waals surface area contributed by atoms with Crippen LogP contribution in [-0.4, -0.2) is 16.2 Å². The Kier molecular flexibility index (Phi) is 4.33. The minimum absolute atomic E-state index is 0.263. The highest BCUT2D eigenvalue weighted by Crippen LogP contribution is 2.09. The first-order chi connectivity index (χ1) is 6.68. The predicted octanol–water partition coefficient (Wildman–Crippen LogP) is 2.34. The average molecular weight is 191 g/mol. The predicted molar refractivity (Wildman–Crippen MR) is 58.0 cm³/mol. The minimum atomic E-state index is -0.263. The van der Waals surface area contributed by atoms with Gasteiger partial charge in [0.15, 0.2) is 0 Å². The zero-order valence-electron chi connectivity index (χ0n) is 8.61. The second kappa shape index (κ2) is 5.55. The maximum absolute atomic E-state index is 9.60. The van der Waals surface area contributed by atoms with Crippen molar-refractivity contribution >= 4 is 0 Å². The number of rotatable bonds is 5. The fraction of sp³-hybridized carbons (Fsp3) is 0.417. The first-order valence-electron chi connectivity index (χ1n) is 4.90. The van der Waals surface area contributed by atoms with Gasteiger partial charge in [-0.25, -0.2) is 0 Å². The highest BCUT2D eigenvalue weighted by Gasteiger charge is 2.04. The van der Waals surface area contributed by atoms with E-state index in [4.69, 9.17) is 0 Å². The molecule has 2 heteroatoms. The molecule has 1 aromatic heterocycles. The van der Waals surface area contributed by atoms with Crippen LogP contribution in [0.1, 0.15) is 25.3 Å². The summed E-state index contributed by atoms with van der Waals surface area (Å²) in [5.74, 6) is 0. The zero-order chi connectivity index (χ0) is 10.4. The molecule has 0 saturated carbocycles. The maximum Gasteiger partial charge on any atom is 0.0580 e. The monoisotopic (exact) mass is 191 g/mol. The van der Waals surface area contributed by atoms with Gasteiger partial charge in [0.25, 0.3) is 0 Å². The molecule has 1 N–H and O–H groups in total. The highest BCUT2D eigenvalue weighted by molar-refractivity contribution is 5.09. The van der Waals surface area contributed by atoms with Gasteiger partial charge < -0.3 is 5.11 Å². The summed E-state index contributed by atoms with van der Waals surface area (Å²) in [6.45, 7) is 5.72. The van der Waals surface area contributed by atoms with Crippen LogP contribution < -0.4 is 0 Å². The smallest absolute Gasteiger partial charge is 0.0580 e. The van der Waals surface area contributed by atoms with Gasteiger partial charge in [-0.05, 0) is 43.9 Å². The van der Waals surface area contributed by atoms with Crippen molar-refractivity contribution in [1.29, 1.82) is 0 Å². The number of aliphatic hydroxyl groups is 1. The molecule has 0 amide bonds. The van der Waals surface area contributed by atoms with Crippen LogP contribution in [0.4, 0.5) is 0 Å². The lowest BCUT2D eigenvalue weighted by Gasteiger charge is -2.09. The van der Waals surface area contributed by atoms with Gasteiger partial charge in [-0.1, -0.05) is 5.57 Å². The van der Waals surface area contributed by atoms with Gasteiger partial charge >= 0.3 is 0 Å². The fourth-order valence-electron chi connectivity index (χ4n) is 1.39. The van der Waals surface area contributed by atoms with E-state index in [-0.39, 0.29) is 6.10 Å². The molecule has 1 aromatic rings. The Morgan fingerprint density at radius 1 is 1.50 bits per heavy atom. The summed E-state index contributed by atoms with van der Waals surface area (Å²) < 4.78 is 0. The van der Waals surface area contributed by atoms with Crippen molar-refractivity contribution in [1.82, 2.24) is 4.98 Å². The van der Waals surface area contributed by atoms with Crippen LogP contribution in [-0.2, 0) is 6.42 Å². The van der Waals surface area contributed by atoms with Gasteiger partial charge in [-0.2, -0.15) is 0 Å². The van der Waals surface area contributed by atoms with Crippen LogP contribution in [0.3, 0.4) is 0 Å². The van der Waals surface area contributed by atoms with Gasteiger partial charge in [0.05, 0.1) is 6.10 Å². The lowest BCUT2D eigenvalue weighted by atomic mass is 10.0. The minimum Gasteiger partial charge on any atom is -0.393 e. The molecular weight excluding hydrogens is 174 g/mol. The zero-order valence-corrected chi connectivity index (χ0v) is 8.61. The number of aryl methyl sites for hydroxylation is 1. The van der Waals surface area contributed by atoms with E-state index < -0.39 is 0 Å². The Morgan fingerprint density at radius 3 is 2.71 bits per heavy atom. The maximum atomic E-state index is 9.60. The van der Waals surface area contributed by atoms with Crippen molar-refractivity contribution in [3.05, 3.63) is 42.2 Å². The van der Waals surface area contributed by atoms with E-state index in [0.717, 1.165) is 18.4 Å². The third-order valence-electron chi connectivity index (χ3n) is 2.10. The van der Waals surface area contributed by atoms with E-state index in [2.05, 4.69) is 11.6 Å². The molecule has 0 saturated heterocycles. The lowest BCUT2D eigenvalue weighted by Crippen LogP contribution is -2.08. The molecule has 1 atom stereocenters. The summed E-state index contributed by atoms with van der Waals surface area (Å²) >= 11 is 0. The van der Waals surface area contributed by atoms with E-state index in [1.165, 1.54) is 5.56 Å². The van der Waals surface area contributed by atoms with E-state index in [1.807, 2.05) is 19.1 Å². The quantitative estimate of drug-likeness (QED) is 0.725.